The number of ether oxygens (including phenoxy) is 1. The van der Waals surface area contributed by atoms with Crippen molar-refractivity contribution < 1.29 is 13.5 Å². The highest BCUT2D eigenvalue weighted by Gasteiger charge is 2.19. The monoisotopic (exact) mass is 257 g/mol. The van der Waals surface area contributed by atoms with E-state index in [9.17, 15) is 8.78 Å². The maximum atomic E-state index is 13.9. The first-order valence-electron chi connectivity index (χ1n) is 6.37. The van der Waals surface area contributed by atoms with Crippen LogP contribution in [0.1, 0.15) is 37.4 Å². The quantitative estimate of drug-likeness (QED) is 0.756. The van der Waals surface area contributed by atoms with Gasteiger partial charge in [0, 0.05) is 12.2 Å². The Kier molecular flexibility index (Phi) is 6.22. The highest BCUT2D eigenvalue weighted by atomic mass is 19.2. The van der Waals surface area contributed by atoms with Crippen LogP contribution in [0.15, 0.2) is 12.1 Å². The van der Waals surface area contributed by atoms with Crippen molar-refractivity contribution in [2.24, 2.45) is 0 Å². The zero-order valence-electron chi connectivity index (χ0n) is 11.2. The molecule has 0 saturated heterocycles. The molecule has 1 aromatic rings. The molecule has 1 rings (SSSR count). The molecule has 0 bridgehead atoms. The minimum absolute atomic E-state index is 0.309. The fourth-order valence-corrected chi connectivity index (χ4v) is 1.78. The summed E-state index contributed by atoms with van der Waals surface area (Å²) in [4.78, 5) is 0. The minimum Gasteiger partial charge on any atom is -0.379 e. The van der Waals surface area contributed by atoms with E-state index in [0.717, 1.165) is 6.42 Å². The summed E-state index contributed by atoms with van der Waals surface area (Å²) in [7, 11) is 0. The van der Waals surface area contributed by atoms with Crippen molar-refractivity contribution >= 4 is 0 Å². The van der Waals surface area contributed by atoms with E-state index in [1.54, 1.807) is 19.1 Å². The summed E-state index contributed by atoms with van der Waals surface area (Å²) in [5.74, 6) is -1.55. The molecule has 0 aliphatic heterocycles. The van der Waals surface area contributed by atoms with E-state index in [4.69, 9.17) is 4.74 Å². The predicted octanol–water partition coefficient (Wildman–Crippen LogP) is 3.35. The molecular formula is C14H21F2NO. The third-order valence-corrected chi connectivity index (χ3v) is 2.76. The van der Waals surface area contributed by atoms with E-state index >= 15 is 0 Å². The number of likely N-dealkylation sites (N-methyl/N-ethyl adjacent to an activating group) is 1. The van der Waals surface area contributed by atoms with Gasteiger partial charge in [0.25, 0.3) is 0 Å². The molecule has 1 aromatic carbocycles. The maximum absolute atomic E-state index is 13.9. The van der Waals surface area contributed by atoms with Crippen LogP contribution in [0.2, 0.25) is 0 Å². The Balaban J connectivity index is 2.87. The Morgan fingerprint density at radius 1 is 1.22 bits per heavy atom. The van der Waals surface area contributed by atoms with Crippen LogP contribution >= 0.6 is 0 Å². The fourth-order valence-electron chi connectivity index (χ4n) is 1.78. The van der Waals surface area contributed by atoms with E-state index in [1.807, 2.05) is 13.8 Å². The standard InChI is InChI=1S/C14H21F2NO/c1-4-8-18-9-12(17-5-2)11-7-6-10(3)13(15)14(11)16/h6-7,12,17H,4-5,8-9H2,1-3H3. The number of hydrogen-bond donors (Lipinski definition) is 1. The van der Waals surface area contributed by atoms with Crippen molar-refractivity contribution in [1.82, 2.24) is 5.32 Å². The lowest BCUT2D eigenvalue weighted by Gasteiger charge is -2.19. The summed E-state index contributed by atoms with van der Waals surface area (Å²) >= 11 is 0. The number of halogens is 2. The Morgan fingerprint density at radius 2 is 1.94 bits per heavy atom. The van der Waals surface area contributed by atoms with Gasteiger partial charge in [-0.1, -0.05) is 26.0 Å². The summed E-state index contributed by atoms with van der Waals surface area (Å²) < 4.78 is 32.8. The zero-order valence-corrected chi connectivity index (χ0v) is 11.2. The lowest BCUT2D eigenvalue weighted by Crippen LogP contribution is -2.26. The molecule has 4 heteroatoms. The van der Waals surface area contributed by atoms with Gasteiger partial charge in [-0.15, -0.1) is 0 Å². The van der Waals surface area contributed by atoms with Crippen molar-refractivity contribution in [3.63, 3.8) is 0 Å². The molecule has 18 heavy (non-hydrogen) atoms. The van der Waals surface area contributed by atoms with E-state index in [0.29, 0.717) is 30.9 Å². The van der Waals surface area contributed by atoms with Crippen LogP contribution in [-0.2, 0) is 4.74 Å². The van der Waals surface area contributed by atoms with Gasteiger partial charge in [0.05, 0.1) is 12.6 Å². The Hall–Kier alpha value is -1.00. The van der Waals surface area contributed by atoms with Gasteiger partial charge >= 0.3 is 0 Å². The second kappa shape index (κ2) is 7.44. The van der Waals surface area contributed by atoms with Gasteiger partial charge in [0.2, 0.25) is 0 Å². The molecule has 1 atom stereocenters. The lowest BCUT2D eigenvalue weighted by molar-refractivity contribution is 0.111. The molecule has 0 amide bonds. The van der Waals surface area contributed by atoms with Crippen LogP contribution in [0.5, 0.6) is 0 Å². The molecule has 0 aromatic heterocycles. The SMILES string of the molecule is CCCOCC(NCC)c1ccc(C)c(F)c1F. The van der Waals surface area contributed by atoms with Crippen LogP contribution in [0.25, 0.3) is 0 Å². The summed E-state index contributed by atoms with van der Waals surface area (Å²) in [5.41, 5.74) is 0.650. The van der Waals surface area contributed by atoms with E-state index < -0.39 is 11.6 Å². The van der Waals surface area contributed by atoms with Gasteiger partial charge < -0.3 is 10.1 Å². The molecule has 0 aliphatic rings. The van der Waals surface area contributed by atoms with Crippen molar-refractivity contribution in [3.8, 4) is 0 Å². The highest BCUT2D eigenvalue weighted by Crippen LogP contribution is 2.22. The first kappa shape index (κ1) is 15.1. The fraction of sp³-hybridized carbons (Fsp3) is 0.571. The van der Waals surface area contributed by atoms with E-state index in [1.165, 1.54) is 0 Å². The molecular weight excluding hydrogens is 236 g/mol. The molecule has 0 fully saturated rings. The molecule has 0 heterocycles. The van der Waals surface area contributed by atoms with Gasteiger partial charge in [-0.3, -0.25) is 0 Å². The zero-order chi connectivity index (χ0) is 13.5. The van der Waals surface area contributed by atoms with Crippen molar-refractivity contribution in [2.45, 2.75) is 33.2 Å². The van der Waals surface area contributed by atoms with Crippen molar-refractivity contribution in [3.05, 3.63) is 34.9 Å². The molecule has 0 radical (unpaired) electrons. The molecule has 0 spiro atoms. The average molecular weight is 257 g/mol. The third-order valence-electron chi connectivity index (χ3n) is 2.76. The molecule has 1 N–H and O–H groups in total. The largest absolute Gasteiger partial charge is 0.379 e. The van der Waals surface area contributed by atoms with Crippen molar-refractivity contribution in [2.75, 3.05) is 19.8 Å². The number of hydrogen-bond acceptors (Lipinski definition) is 2. The van der Waals surface area contributed by atoms with Crippen LogP contribution in [0, 0.1) is 18.6 Å². The molecule has 2 nitrogen and oxygen atoms in total. The van der Waals surface area contributed by atoms with Crippen LogP contribution < -0.4 is 5.32 Å². The second-order valence-electron chi connectivity index (χ2n) is 4.28. The average Bonchev–Trinajstić information content (AvgIpc) is 2.36. The van der Waals surface area contributed by atoms with Crippen LogP contribution in [-0.4, -0.2) is 19.8 Å². The first-order chi connectivity index (χ1) is 8.61. The highest BCUT2D eigenvalue weighted by molar-refractivity contribution is 5.28. The van der Waals surface area contributed by atoms with Gasteiger partial charge in [0.1, 0.15) is 0 Å². The van der Waals surface area contributed by atoms with E-state index in [-0.39, 0.29) is 6.04 Å². The topological polar surface area (TPSA) is 21.3 Å². The maximum Gasteiger partial charge on any atom is 0.163 e. The summed E-state index contributed by atoms with van der Waals surface area (Å²) in [5, 5.41) is 3.11. The van der Waals surface area contributed by atoms with Gasteiger partial charge in [0.15, 0.2) is 11.6 Å². The molecule has 1 unspecified atom stereocenters. The minimum atomic E-state index is -0.777. The number of rotatable bonds is 7. The number of benzene rings is 1. The third kappa shape index (κ3) is 3.75. The molecule has 0 aliphatic carbocycles. The predicted molar refractivity (Wildman–Crippen MR) is 68.6 cm³/mol. The summed E-state index contributed by atoms with van der Waals surface area (Å²) in [6.07, 6.45) is 0.906. The summed E-state index contributed by atoms with van der Waals surface area (Å²) in [6, 6.07) is 2.91. The Labute approximate surface area is 107 Å². The Morgan fingerprint density at radius 3 is 2.56 bits per heavy atom. The normalized spacial score (nSPS) is 12.7. The molecule has 0 saturated carbocycles. The smallest absolute Gasteiger partial charge is 0.163 e. The number of nitrogens with one attached hydrogen (secondary N) is 1. The van der Waals surface area contributed by atoms with Gasteiger partial charge in [-0.25, -0.2) is 8.78 Å². The number of aryl methyl sites for hydroxylation is 1. The van der Waals surface area contributed by atoms with E-state index in [2.05, 4.69) is 5.32 Å². The summed E-state index contributed by atoms with van der Waals surface area (Å²) in [6.45, 7) is 7.13. The van der Waals surface area contributed by atoms with Crippen LogP contribution in [0.3, 0.4) is 0 Å². The second-order valence-corrected chi connectivity index (χ2v) is 4.28. The Bertz CT molecular complexity index is 382. The van der Waals surface area contributed by atoms with Gasteiger partial charge in [-0.2, -0.15) is 0 Å². The molecule has 102 valence electrons. The first-order valence-corrected chi connectivity index (χ1v) is 6.37. The van der Waals surface area contributed by atoms with Gasteiger partial charge in [-0.05, 0) is 25.5 Å². The van der Waals surface area contributed by atoms with Crippen LogP contribution in [0.4, 0.5) is 8.78 Å². The lowest BCUT2D eigenvalue weighted by atomic mass is 10.0. The van der Waals surface area contributed by atoms with Crippen molar-refractivity contribution in [1.29, 1.82) is 0 Å².